The average molecular weight is 718 g/mol. The monoisotopic (exact) mass is 717 g/mol. The molecule has 0 aromatic heterocycles. The van der Waals surface area contributed by atoms with E-state index in [1.54, 1.807) is 6.92 Å². The van der Waals surface area contributed by atoms with Crippen LogP contribution in [0, 0.1) is 11.8 Å². The van der Waals surface area contributed by atoms with Gasteiger partial charge in [0.15, 0.2) is 5.78 Å². The Labute approximate surface area is 309 Å². The lowest BCUT2D eigenvalue weighted by atomic mass is 9.93. The van der Waals surface area contributed by atoms with Gasteiger partial charge in [0.05, 0.1) is 19.2 Å². The maximum Gasteiger partial charge on any atom is 0.243 e. The molecule has 2 aliphatic rings. The smallest absolute Gasteiger partial charge is 0.243 e. The van der Waals surface area contributed by atoms with Crippen LogP contribution in [0.15, 0.2) is 60.7 Å². The zero-order valence-corrected chi connectivity index (χ0v) is 31.6. The quantitative estimate of drug-likeness (QED) is 0.153. The molecule has 11 heteroatoms. The van der Waals surface area contributed by atoms with Crippen molar-refractivity contribution >= 4 is 29.4 Å². The molecule has 11 nitrogen and oxygen atoms in total. The molecule has 0 bridgehead atoms. The molecule has 0 unspecified atom stereocenters. The van der Waals surface area contributed by atoms with Gasteiger partial charge in [-0.05, 0) is 81.5 Å². The number of amides is 4. The van der Waals surface area contributed by atoms with Crippen molar-refractivity contribution in [1.82, 2.24) is 26.2 Å². The van der Waals surface area contributed by atoms with Crippen LogP contribution in [0.4, 0.5) is 0 Å². The summed E-state index contributed by atoms with van der Waals surface area (Å²) in [5.41, 5.74) is 0.945. The maximum atomic E-state index is 14.1. The highest BCUT2D eigenvalue weighted by atomic mass is 16.6. The van der Waals surface area contributed by atoms with E-state index in [1.165, 1.54) is 0 Å². The minimum absolute atomic E-state index is 0.0289. The molecule has 2 aliphatic heterocycles. The second-order valence-electron chi connectivity index (χ2n) is 15.5. The van der Waals surface area contributed by atoms with Gasteiger partial charge >= 0.3 is 0 Å². The van der Waals surface area contributed by atoms with E-state index in [-0.39, 0.29) is 36.5 Å². The van der Waals surface area contributed by atoms with Crippen molar-refractivity contribution in [2.45, 2.75) is 116 Å². The Balaban J connectivity index is 1.51. The number of ketones is 1. The van der Waals surface area contributed by atoms with Crippen molar-refractivity contribution in [3.8, 4) is 0 Å². The molecule has 284 valence electrons. The van der Waals surface area contributed by atoms with E-state index in [0.717, 1.165) is 43.5 Å². The van der Waals surface area contributed by atoms with Crippen LogP contribution in [-0.4, -0.2) is 90.3 Å². The molecule has 4 rings (SSSR count). The third-order valence-corrected chi connectivity index (χ3v) is 9.73. The van der Waals surface area contributed by atoms with Gasteiger partial charge in [0.2, 0.25) is 23.6 Å². The second-order valence-corrected chi connectivity index (χ2v) is 15.5. The van der Waals surface area contributed by atoms with E-state index in [0.29, 0.717) is 32.3 Å². The Bertz CT molecular complexity index is 1470. The first-order valence-corrected chi connectivity index (χ1v) is 19.0. The van der Waals surface area contributed by atoms with E-state index in [9.17, 15) is 24.0 Å². The number of aryl methyl sites for hydroxylation is 1. The van der Waals surface area contributed by atoms with Gasteiger partial charge < -0.3 is 26.0 Å². The van der Waals surface area contributed by atoms with Crippen LogP contribution in [0.25, 0.3) is 0 Å². The van der Waals surface area contributed by atoms with Crippen molar-refractivity contribution in [3.63, 3.8) is 0 Å². The molecule has 4 N–H and O–H groups in total. The lowest BCUT2D eigenvalue weighted by Crippen LogP contribution is -2.59. The summed E-state index contributed by atoms with van der Waals surface area (Å²) in [6.45, 7) is 11.8. The van der Waals surface area contributed by atoms with Crippen molar-refractivity contribution in [1.29, 1.82) is 0 Å². The number of nitrogens with zero attached hydrogens (tertiary/aromatic N) is 1. The zero-order chi connectivity index (χ0) is 37.7. The number of hydrogen-bond donors (Lipinski definition) is 4. The van der Waals surface area contributed by atoms with Gasteiger partial charge in [-0.15, -0.1) is 0 Å². The highest BCUT2D eigenvalue weighted by Gasteiger charge is 2.50. The molecule has 0 radical (unpaired) electrons. The molecule has 0 spiro atoms. The first-order chi connectivity index (χ1) is 24.8. The lowest BCUT2D eigenvalue weighted by molar-refractivity contribution is -0.135. The summed E-state index contributed by atoms with van der Waals surface area (Å²) in [6, 6.07) is 15.5. The summed E-state index contributed by atoms with van der Waals surface area (Å²) < 4.78 is 5.41. The van der Waals surface area contributed by atoms with Gasteiger partial charge in [0, 0.05) is 6.42 Å². The third kappa shape index (κ3) is 13.2. The molecule has 4 amide bonds. The summed E-state index contributed by atoms with van der Waals surface area (Å²) in [4.78, 5) is 70.7. The minimum atomic E-state index is -1.02. The van der Waals surface area contributed by atoms with Crippen LogP contribution in [0.3, 0.4) is 0 Å². The number of hydrogen-bond acceptors (Lipinski definition) is 7. The van der Waals surface area contributed by atoms with Gasteiger partial charge in [-0.2, -0.15) is 0 Å². The SMILES string of the molecule is CC(C)C[C@H](NC(=O)[C@H](CCc1ccccc1)NC(=O)CN1CCCCC1)C(=O)N[C@@H](Cc1ccccc1)C(=O)N[C@@H](CC(C)C)C(=O)[C@]1(C)CO1. The number of piperidine rings is 1. The second kappa shape index (κ2) is 19.7. The van der Waals surface area contributed by atoms with E-state index < -0.39 is 47.5 Å². The third-order valence-electron chi connectivity index (χ3n) is 9.73. The van der Waals surface area contributed by atoms with Gasteiger partial charge in [-0.25, -0.2) is 0 Å². The van der Waals surface area contributed by atoms with Gasteiger partial charge in [-0.1, -0.05) is 94.8 Å². The van der Waals surface area contributed by atoms with Crippen LogP contribution in [0.2, 0.25) is 0 Å². The Morgan fingerprint density at radius 3 is 1.75 bits per heavy atom. The Kier molecular flexibility index (Phi) is 15.4. The Hall–Kier alpha value is -4.09. The summed E-state index contributed by atoms with van der Waals surface area (Å²) in [5, 5.41) is 11.7. The van der Waals surface area contributed by atoms with Crippen LogP contribution in [0.5, 0.6) is 0 Å². The van der Waals surface area contributed by atoms with Crippen LogP contribution >= 0.6 is 0 Å². The molecule has 2 fully saturated rings. The van der Waals surface area contributed by atoms with Crippen molar-refractivity contribution in [3.05, 3.63) is 71.8 Å². The lowest BCUT2D eigenvalue weighted by Gasteiger charge is -2.29. The fourth-order valence-electron chi connectivity index (χ4n) is 6.69. The van der Waals surface area contributed by atoms with E-state index in [1.807, 2.05) is 88.4 Å². The zero-order valence-electron chi connectivity index (χ0n) is 31.6. The fourth-order valence-corrected chi connectivity index (χ4v) is 6.69. The normalized spacial score (nSPS) is 19.6. The summed E-state index contributed by atoms with van der Waals surface area (Å²) in [6.07, 6.45) is 5.08. The molecule has 2 saturated heterocycles. The first-order valence-electron chi connectivity index (χ1n) is 19.0. The van der Waals surface area contributed by atoms with Crippen molar-refractivity contribution in [2.24, 2.45) is 11.8 Å². The Morgan fingerprint density at radius 1 is 0.673 bits per heavy atom. The van der Waals surface area contributed by atoms with Crippen molar-refractivity contribution < 1.29 is 28.7 Å². The molecule has 2 heterocycles. The van der Waals surface area contributed by atoms with Gasteiger partial charge in [-0.3, -0.25) is 28.9 Å². The number of likely N-dealkylation sites (tertiary alicyclic amines) is 1. The van der Waals surface area contributed by atoms with Gasteiger partial charge in [0.25, 0.3) is 0 Å². The molecule has 2 aromatic carbocycles. The molecule has 0 aliphatic carbocycles. The van der Waals surface area contributed by atoms with Crippen LogP contribution < -0.4 is 21.3 Å². The van der Waals surface area contributed by atoms with E-state index >= 15 is 0 Å². The standard InChI is InChI=1S/C41H59N5O6/c1-28(2)23-33(37(48)41(5)27-52-41)43-40(51)35(25-31-17-11-7-12-18-31)45-39(50)34(24-29(3)4)44-38(49)32(20-19-30-15-9-6-10-16-30)42-36(47)26-46-21-13-8-14-22-46/h6-7,9-12,15-18,28-29,32-35H,8,13-14,19-27H2,1-5H3,(H,42,47)(H,43,51)(H,44,49)(H,45,50)/t32-,33-,34-,35-,41-/m0/s1. The average Bonchev–Trinajstić information content (AvgIpc) is 3.87. The molecule has 0 saturated carbocycles. The number of nitrogens with one attached hydrogen (secondary N) is 4. The van der Waals surface area contributed by atoms with Crippen LogP contribution in [0.1, 0.15) is 84.3 Å². The predicted octanol–water partition coefficient (Wildman–Crippen LogP) is 3.74. The summed E-state index contributed by atoms with van der Waals surface area (Å²) >= 11 is 0. The highest BCUT2D eigenvalue weighted by molar-refractivity contribution is 5.98. The molecule has 52 heavy (non-hydrogen) atoms. The Morgan fingerprint density at radius 2 is 1.17 bits per heavy atom. The molecule has 5 atom stereocenters. The predicted molar refractivity (Wildman–Crippen MR) is 201 cm³/mol. The van der Waals surface area contributed by atoms with E-state index in [2.05, 4.69) is 26.2 Å². The minimum Gasteiger partial charge on any atom is -0.361 e. The number of Topliss-reactive ketones (excluding diaryl/α,β-unsaturated/α-hetero) is 1. The number of epoxide rings is 1. The largest absolute Gasteiger partial charge is 0.361 e. The number of rotatable bonds is 20. The summed E-state index contributed by atoms with van der Waals surface area (Å²) in [7, 11) is 0. The molecular weight excluding hydrogens is 658 g/mol. The van der Waals surface area contributed by atoms with E-state index in [4.69, 9.17) is 4.74 Å². The van der Waals surface area contributed by atoms with Crippen LogP contribution in [-0.2, 0) is 41.6 Å². The summed E-state index contributed by atoms with van der Waals surface area (Å²) in [5.74, 6) is -1.71. The fraction of sp³-hybridized carbons (Fsp3) is 0.585. The topological polar surface area (TPSA) is 149 Å². The highest BCUT2D eigenvalue weighted by Crippen LogP contribution is 2.29. The van der Waals surface area contributed by atoms with Crippen molar-refractivity contribution in [2.75, 3.05) is 26.2 Å². The number of carbonyl (C=O) groups excluding carboxylic acids is 5. The molecule has 2 aromatic rings. The number of carbonyl (C=O) groups is 5. The number of ether oxygens (including phenoxy) is 1. The number of benzene rings is 2. The molecular formula is C41H59N5O6. The van der Waals surface area contributed by atoms with Gasteiger partial charge in [0.1, 0.15) is 23.7 Å². The first kappa shape index (κ1) is 40.7. The maximum absolute atomic E-state index is 14.1.